The quantitative estimate of drug-likeness (QED) is 0.131. The Hall–Kier alpha value is -3.34. The topological polar surface area (TPSA) is 83.8 Å². The van der Waals surface area contributed by atoms with E-state index in [2.05, 4.69) is 6.92 Å². The molecule has 5 heteroatoms. The predicted molar refractivity (Wildman–Crippen MR) is 133 cm³/mol. The number of carboxylic acids is 2. The van der Waals surface area contributed by atoms with E-state index in [1.807, 2.05) is 30.3 Å². The first kappa shape index (κ1) is 25.9. The fourth-order valence-electron chi connectivity index (χ4n) is 3.49. The average molecular weight is 451 g/mol. The minimum absolute atomic E-state index is 0.145. The summed E-state index contributed by atoms with van der Waals surface area (Å²) in [5.41, 5.74) is 2.24. The van der Waals surface area contributed by atoms with Gasteiger partial charge in [-0.3, -0.25) is 0 Å². The number of aliphatic carboxylic acids is 1. The summed E-state index contributed by atoms with van der Waals surface area (Å²) in [4.78, 5) is 22.3. The monoisotopic (exact) mass is 450 g/mol. The fraction of sp³-hybridized carbons (Fsp3) is 0.357. The first-order chi connectivity index (χ1) is 16.0. The van der Waals surface area contributed by atoms with Gasteiger partial charge in [-0.15, -0.1) is 0 Å². The van der Waals surface area contributed by atoms with Gasteiger partial charge in [-0.2, -0.15) is 0 Å². The molecule has 0 aromatic heterocycles. The molecule has 33 heavy (non-hydrogen) atoms. The zero-order valence-electron chi connectivity index (χ0n) is 19.3. The van der Waals surface area contributed by atoms with Crippen LogP contribution in [0.15, 0.2) is 60.7 Å². The molecule has 2 aromatic rings. The Bertz CT molecular complexity index is 941. The van der Waals surface area contributed by atoms with Gasteiger partial charge in [-0.25, -0.2) is 9.59 Å². The third-order valence-electron chi connectivity index (χ3n) is 5.32. The number of carbonyl (C=O) groups is 2. The zero-order chi connectivity index (χ0) is 23.9. The highest BCUT2D eigenvalue weighted by Crippen LogP contribution is 2.23. The van der Waals surface area contributed by atoms with Gasteiger partial charge in [-0.1, -0.05) is 76.1 Å². The maximum atomic E-state index is 11.3. The SMILES string of the molecule is CCCCCCCCCCOc1ccc(/C=C(/C=CC(=O)O)c2cccc(C(=O)O)c2)cc1. The van der Waals surface area contributed by atoms with Gasteiger partial charge in [0.1, 0.15) is 5.75 Å². The molecular weight excluding hydrogens is 416 g/mol. The van der Waals surface area contributed by atoms with Gasteiger partial charge >= 0.3 is 11.9 Å². The van der Waals surface area contributed by atoms with E-state index in [0.717, 1.165) is 23.8 Å². The second-order valence-corrected chi connectivity index (χ2v) is 8.05. The number of unbranched alkanes of at least 4 members (excludes halogenated alkanes) is 7. The third-order valence-corrected chi connectivity index (χ3v) is 5.32. The van der Waals surface area contributed by atoms with Crippen LogP contribution in [0.5, 0.6) is 5.75 Å². The summed E-state index contributed by atoms with van der Waals surface area (Å²) < 4.78 is 5.84. The van der Waals surface area contributed by atoms with Crippen LogP contribution in [-0.2, 0) is 4.79 Å². The minimum atomic E-state index is -1.07. The summed E-state index contributed by atoms with van der Waals surface area (Å²) in [6, 6.07) is 14.0. The highest BCUT2D eigenvalue weighted by molar-refractivity contribution is 5.94. The lowest BCUT2D eigenvalue weighted by Crippen LogP contribution is -1.97. The van der Waals surface area contributed by atoms with Gasteiger partial charge in [0.15, 0.2) is 0 Å². The Morgan fingerprint density at radius 3 is 2.09 bits per heavy atom. The van der Waals surface area contributed by atoms with Crippen molar-refractivity contribution in [3.63, 3.8) is 0 Å². The summed E-state index contributed by atoms with van der Waals surface area (Å²) in [7, 11) is 0. The van der Waals surface area contributed by atoms with E-state index in [-0.39, 0.29) is 5.56 Å². The lowest BCUT2D eigenvalue weighted by Gasteiger charge is -2.08. The predicted octanol–water partition coefficient (Wildman–Crippen LogP) is 7.09. The standard InChI is InChI=1S/C28H34O5/c1-2-3-4-5-6-7-8-9-19-33-26-16-13-22(14-17-26)20-24(15-18-27(29)30)23-11-10-12-25(21-23)28(31)32/h10-18,20-21H,2-9,19H2,1H3,(H,29,30)(H,31,32)/b18-15?,24-20-. The number of ether oxygens (including phenoxy) is 1. The molecule has 0 unspecified atom stereocenters. The lowest BCUT2D eigenvalue weighted by atomic mass is 10.00. The van der Waals surface area contributed by atoms with Crippen LogP contribution in [-0.4, -0.2) is 28.8 Å². The summed E-state index contributed by atoms with van der Waals surface area (Å²) in [6.45, 7) is 2.93. The molecule has 0 saturated carbocycles. The first-order valence-electron chi connectivity index (χ1n) is 11.7. The molecule has 0 aliphatic rings. The normalized spacial score (nSPS) is 11.6. The van der Waals surface area contributed by atoms with E-state index in [0.29, 0.717) is 17.7 Å². The van der Waals surface area contributed by atoms with Crippen molar-refractivity contribution in [1.29, 1.82) is 0 Å². The molecule has 5 nitrogen and oxygen atoms in total. The molecule has 0 bridgehead atoms. The largest absolute Gasteiger partial charge is 0.494 e. The van der Waals surface area contributed by atoms with Crippen LogP contribution in [0.25, 0.3) is 11.6 Å². The molecule has 176 valence electrons. The van der Waals surface area contributed by atoms with Crippen LogP contribution in [0, 0.1) is 0 Å². The molecule has 2 rings (SSSR count). The van der Waals surface area contributed by atoms with Crippen molar-refractivity contribution < 1.29 is 24.5 Å². The second kappa shape index (κ2) is 14.7. The maximum Gasteiger partial charge on any atom is 0.335 e. The van der Waals surface area contributed by atoms with Crippen molar-refractivity contribution in [2.24, 2.45) is 0 Å². The number of hydrogen-bond acceptors (Lipinski definition) is 3. The van der Waals surface area contributed by atoms with Crippen molar-refractivity contribution >= 4 is 23.6 Å². The van der Waals surface area contributed by atoms with Crippen LogP contribution in [0.3, 0.4) is 0 Å². The highest BCUT2D eigenvalue weighted by Gasteiger charge is 2.06. The molecule has 0 radical (unpaired) electrons. The van der Waals surface area contributed by atoms with Gasteiger partial charge < -0.3 is 14.9 Å². The smallest absolute Gasteiger partial charge is 0.335 e. The lowest BCUT2D eigenvalue weighted by molar-refractivity contribution is -0.131. The van der Waals surface area contributed by atoms with Crippen molar-refractivity contribution in [1.82, 2.24) is 0 Å². The van der Waals surface area contributed by atoms with E-state index < -0.39 is 11.9 Å². The minimum Gasteiger partial charge on any atom is -0.494 e. The number of allylic oxidation sites excluding steroid dienone is 2. The molecule has 2 aromatic carbocycles. The summed E-state index contributed by atoms with van der Waals surface area (Å²) in [6.07, 6.45) is 14.4. The Labute approximate surface area is 196 Å². The molecule has 0 atom stereocenters. The molecular formula is C28H34O5. The Morgan fingerprint density at radius 2 is 1.45 bits per heavy atom. The van der Waals surface area contributed by atoms with E-state index in [1.54, 1.807) is 12.1 Å². The number of aromatic carboxylic acids is 1. The molecule has 0 spiro atoms. The summed E-state index contributed by atoms with van der Waals surface area (Å²) in [5.74, 6) is -1.30. The van der Waals surface area contributed by atoms with Crippen molar-refractivity contribution in [2.45, 2.75) is 58.3 Å². The van der Waals surface area contributed by atoms with Crippen LogP contribution < -0.4 is 4.74 Å². The molecule has 0 fully saturated rings. The van der Waals surface area contributed by atoms with E-state index in [1.165, 1.54) is 63.2 Å². The van der Waals surface area contributed by atoms with E-state index >= 15 is 0 Å². The fourth-order valence-corrected chi connectivity index (χ4v) is 3.49. The van der Waals surface area contributed by atoms with Crippen molar-refractivity contribution in [3.05, 3.63) is 77.4 Å². The van der Waals surface area contributed by atoms with Gasteiger partial charge in [0.05, 0.1) is 12.2 Å². The molecule has 0 saturated heterocycles. The number of rotatable bonds is 15. The summed E-state index contributed by atoms with van der Waals surface area (Å²) in [5, 5.41) is 18.3. The van der Waals surface area contributed by atoms with Gasteiger partial charge in [0.2, 0.25) is 0 Å². The molecule has 0 amide bonds. The van der Waals surface area contributed by atoms with Crippen LogP contribution in [0.2, 0.25) is 0 Å². The van der Waals surface area contributed by atoms with E-state index in [4.69, 9.17) is 9.84 Å². The highest BCUT2D eigenvalue weighted by atomic mass is 16.5. The Balaban J connectivity index is 1.95. The van der Waals surface area contributed by atoms with Gasteiger partial charge in [0.25, 0.3) is 0 Å². The van der Waals surface area contributed by atoms with Gasteiger partial charge in [-0.05, 0) is 59.5 Å². The Kier molecular flexibility index (Phi) is 11.5. The van der Waals surface area contributed by atoms with Crippen LogP contribution in [0.4, 0.5) is 0 Å². The third kappa shape index (κ3) is 10.2. The molecule has 0 heterocycles. The van der Waals surface area contributed by atoms with Crippen molar-refractivity contribution in [2.75, 3.05) is 6.61 Å². The number of hydrogen-bond donors (Lipinski definition) is 2. The Morgan fingerprint density at radius 1 is 0.818 bits per heavy atom. The molecule has 0 aliphatic heterocycles. The first-order valence-corrected chi connectivity index (χ1v) is 11.7. The van der Waals surface area contributed by atoms with E-state index in [9.17, 15) is 14.7 Å². The number of carboxylic acid groups (broad SMARTS) is 2. The zero-order valence-corrected chi connectivity index (χ0v) is 19.3. The summed E-state index contributed by atoms with van der Waals surface area (Å²) >= 11 is 0. The molecule has 2 N–H and O–H groups in total. The second-order valence-electron chi connectivity index (χ2n) is 8.05. The van der Waals surface area contributed by atoms with Crippen molar-refractivity contribution in [3.8, 4) is 5.75 Å². The average Bonchev–Trinajstić information content (AvgIpc) is 2.81. The maximum absolute atomic E-state index is 11.3. The molecule has 0 aliphatic carbocycles. The van der Waals surface area contributed by atoms with Gasteiger partial charge in [0, 0.05) is 6.08 Å². The van der Waals surface area contributed by atoms with Crippen LogP contribution in [0.1, 0.15) is 79.8 Å². The van der Waals surface area contributed by atoms with Crippen LogP contribution >= 0.6 is 0 Å². The number of benzene rings is 2.